The summed E-state index contributed by atoms with van der Waals surface area (Å²) in [6.07, 6.45) is 0. The molecule has 0 aromatic heterocycles. The topological polar surface area (TPSA) is 148 Å². The van der Waals surface area contributed by atoms with Crippen LogP contribution in [0.4, 0.5) is 14.5 Å². The SMILES string of the molecule is COc1cc(F)c([N+](=O)[O-])cc1C(N)=O.COc1cc(F)ccc1C(N)=O. The standard InChI is InChI=1S/C8H7FN2O4.C8H8FNO2/c1-15-7-3-5(9)6(11(13)14)2-4(7)8(10)12;1-12-7-4-5(9)2-3-6(7)8(10)11/h2-3H,1H3,(H2,10,12);2-4H,1H3,(H2,10,11). The van der Waals surface area contributed by atoms with Gasteiger partial charge in [-0.05, 0) is 12.1 Å². The van der Waals surface area contributed by atoms with Crippen LogP contribution in [0.1, 0.15) is 20.7 Å². The highest BCUT2D eigenvalue weighted by Crippen LogP contribution is 2.27. The zero-order valence-electron chi connectivity index (χ0n) is 14.2. The highest BCUT2D eigenvalue weighted by molar-refractivity contribution is 5.96. The fraction of sp³-hybridized carbons (Fsp3) is 0.125. The largest absolute Gasteiger partial charge is 0.496 e. The van der Waals surface area contributed by atoms with E-state index in [1.54, 1.807) is 0 Å². The molecule has 11 heteroatoms. The molecular formula is C16H15F2N3O6. The van der Waals surface area contributed by atoms with Crippen molar-refractivity contribution in [2.75, 3.05) is 14.2 Å². The first-order valence-corrected chi connectivity index (χ1v) is 7.07. The Morgan fingerprint density at radius 2 is 1.48 bits per heavy atom. The molecule has 0 fully saturated rings. The van der Waals surface area contributed by atoms with Crippen molar-refractivity contribution in [3.8, 4) is 11.5 Å². The maximum absolute atomic E-state index is 13.1. The maximum Gasteiger partial charge on any atom is 0.305 e. The van der Waals surface area contributed by atoms with Crippen molar-refractivity contribution >= 4 is 17.5 Å². The number of halogens is 2. The van der Waals surface area contributed by atoms with Crippen molar-refractivity contribution in [2.45, 2.75) is 0 Å². The van der Waals surface area contributed by atoms with Gasteiger partial charge in [-0.3, -0.25) is 19.7 Å². The first-order chi connectivity index (χ1) is 12.6. The van der Waals surface area contributed by atoms with Crippen molar-refractivity contribution in [3.05, 3.63) is 63.2 Å². The number of nitrogens with zero attached hydrogens (tertiary/aromatic N) is 1. The Morgan fingerprint density at radius 3 is 1.93 bits per heavy atom. The normalized spacial score (nSPS) is 9.63. The molecule has 0 unspecified atom stereocenters. The van der Waals surface area contributed by atoms with Crippen LogP contribution in [-0.2, 0) is 0 Å². The Labute approximate surface area is 151 Å². The molecule has 144 valence electrons. The summed E-state index contributed by atoms with van der Waals surface area (Å²) in [5.74, 6) is -3.08. The van der Waals surface area contributed by atoms with Crippen LogP contribution in [0.2, 0.25) is 0 Å². The Hall–Kier alpha value is -3.76. The number of carbonyl (C=O) groups excluding carboxylic acids is 2. The number of benzene rings is 2. The molecule has 0 spiro atoms. The first-order valence-electron chi connectivity index (χ1n) is 7.07. The third kappa shape index (κ3) is 5.36. The number of nitrogens with two attached hydrogens (primary N) is 2. The van der Waals surface area contributed by atoms with Crippen LogP contribution in [0.5, 0.6) is 11.5 Å². The predicted molar refractivity (Wildman–Crippen MR) is 89.6 cm³/mol. The second-order valence-corrected chi connectivity index (χ2v) is 4.83. The monoisotopic (exact) mass is 383 g/mol. The van der Waals surface area contributed by atoms with E-state index in [0.717, 1.165) is 24.3 Å². The summed E-state index contributed by atoms with van der Waals surface area (Å²) < 4.78 is 35.0. The number of hydrogen-bond donors (Lipinski definition) is 2. The number of methoxy groups -OCH3 is 2. The molecule has 0 saturated heterocycles. The summed E-state index contributed by atoms with van der Waals surface area (Å²) in [6, 6.07) is 5.05. The molecule has 0 radical (unpaired) electrons. The van der Waals surface area contributed by atoms with E-state index in [0.29, 0.717) is 0 Å². The number of nitro benzene ring substituents is 1. The smallest absolute Gasteiger partial charge is 0.305 e. The molecule has 0 atom stereocenters. The molecule has 0 aliphatic carbocycles. The summed E-state index contributed by atoms with van der Waals surface area (Å²) in [6.45, 7) is 0. The average Bonchev–Trinajstić information content (AvgIpc) is 2.60. The lowest BCUT2D eigenvalue weighted by molar-refractivity contribution is -0.387. The van der Waals surface area contributed by atoms with Gasteiger partial charge in [-0.15, -0.1) is 0 Å². The van der Waals surface area contributed by atoms with Gasteiger partial charge in [0, 0.05) is 18.2 Å². The van der Waals surface area contributed by atoms with Gasteiger partial charge in [0.15, 0.2) is 0 Å². The average molecular weight is 383 g/mol. The van der Waals surface area contributed by atoms with E-state index in [2.05, 4.69) is 4.74 Å². The Bertz CT molecular complexity index is 889. The fourth-order valence-corrected chi connectivity index (χ4v) is 1.91. The molecule has 0 heterocycles. The highest BCUT2D eigenvalue weighted by Gasteiger charge is 2.21. The number of hydrogen-bond acceptors (Lipinski definition) is 6. The van der Waals surface area contributed by atoms with E-state index in [9.17, 15) is 28.5 Å². The lowest BCUT2D eigenvalue weighted by Gasteiger charge is -2.05. The Balaban J connectivity index is 0.000000277. The number of ether oxygens (including phenoxy) is 2. The van der Waals surface area contributed by atoms with Crippen molar-refractivity contribution in [1.82, 2.24) is 0 Å². The number of nitro groups is 1. The molecule has 4 N–H and O–H groups in total. The van der Waals surface area contributed by atoms with Gasteiger partial charge in [0.1, 0.15) is 17.3 Å². The minimum atomic E-state index is -1.08. The molecule has 27 heavy (non-hydrogen) atoms. The molecule has 2 aromatic rings. The summed E-state index contributed by atoms with van der Waals surface area (Å²) in [5, 5.41) is 10.4. The third-order valence-corrected chi connectivity index (χ3v) is 3.16. The van der Waals surface area contributed by atoms with Gasteiger partial charge < -0.3 is 20.9 Å². The van der Waals surface area contributed by atoms with E-state index in [-0.39, 0.29) is 22.6 Å². The molecule has 0 aliphatic rings. The fourth-order valence-electron chi connectivity index (χ4n) is 1.91. The molecule has 2 amide bonds. The third-order valence-electron chi connectivity index (χ3n) is 3.16. The van der Waals surface area contributed by atoms with Crippen LogP contribution >= 0.6 is 0 Å². The van der Waals surface area contributed by atoms with Crippen molar-refractivity contribution in [3.63, 3.8) is 0 Å². The quantitative estimate of drug-likeness (QED) is 0.594. The minimum absolute atomic E-state index is 0.134. The Kier molecular flexibility index (Phi) is 7.16. The van der Waals surface area contributed by atoms with E-state index in [1.165, 1.54) is 20.3 Å². The molecule has 0 bridgehead atoms. The van der Waals surface area contributed by atoms with Gasteiger partial charge in [0.25, 0.3) is 11.8 Å². The van der Waals surface area contributed by atoms with Crippen LogP contribution in [0.15, 0.2) is 30.3 Å². The summed E-state index contributed by atoms with van der Waals surface area (Å²) >= 11 is 0. The van der Waals surface area contributed by atoms with Gasteiger partial charge in [-0.1, -0.05) is 0 Å². The summed E-state index contributed by atoms with van der Waals surface area (Å²) in [5.41, 5.74) is 9.08. The molecule has 0 aliphatic heterocycles. The molecule has 2 rings (SSSR count). The van der Waals surface area contributed by atoms with Gasteiger partial charge in [-0.2, -0.15) is 4.39 Å². The number of primary amides is 2. The molecule has 9 nitrogen and oxygen atoms in total. The number of carbonyl (C=O) groups is 2. The van der Waals surface area contributed by atoms with Crippen LogP contribution in [-0.4, -0.2) is 31.0 Å². The first kappa shape index (κ1) is 21.3. The summed E-state index contributed by atoms with van der Waals surface area (Å²) in [7, 11) is 2.55. The molecule has 2 aromatic carbocycles. The molecule has 0 saturated carbocycles. The van der Waals surface area contributed by atoms with Crippen molar-refractivity contribution < 1.29 is 32.8 Å². The van der Waals surface area contributed by atoms with Crippen LogP contribution in [0, 0.1) is 21.7 Å². The molecular weight excluding hydrogens is 368 g/mol. The second kappa shape index (κ2) is 9.08. The van der Waals surface area contributed by atoms with E-state index >= 15 is 0 Å². The zero-order chi connectivity index (χ0) is 20.7. The van der Waals surface area contributed by atoms with Gasteiger partial charge in [0.2, 0.25) is 5.82 Å². The lowest BCUT2D eigenvalue weighted by Crippen LogP contribution is -2.13. The van der Waals surface area contributed by atoms with Crippen molar-refractivity contribution in [2.24, 2.45) is 11.5 Å². The number of rotatable bonds is 5. The number of amides is 2. The predicted octanol–water partition coefficient (Wildman–Crippen LogP) is 1.77. The zero-order valence-corrected chi connectivity index (χ0v) is 14.2. The van der Waals surface area contributed by atoms with Gasteiger partial charge >= 0.3 is 5.69 Å². The van der Waals surface area contributed by atoms with E-state index in [4.69, 9.17) is 16.2 Å². The van der Waals surface area contributed by atoms with Crippen LogP contribution < -0.4 is 20.9 Å². The second-order valence-electron chi connectivity index (χ2n) is 4.83. The van der Waals surface area contributed by atoms with Gasteiger partial charge in [0.05, 0.1) is 30.3 Å². The van der Waals surface area contributed by atoms with Crippen LogP contribution in [0.3, 0.4) is 0 Å². The van der Waals surface area contributed by atoms with Crippen LogP contribution in [0.25, 0.3) is 0 Å². The Morgan fingerprint density at radius 1 is 0.963 bits per heavy atom. The highest BCUT2D eigenvalue weighted by atomic mass is 19.1. The lowest BCUT2D eigenvalue weighted by atomic mass is 10.1. The summed E-state index contributed by atoms with van der Waals surface area (Å²) in [4.78, 5) is 31.0. The minimum Gasteiger partial charge on any atom is -0.496 e. The van der Waals surface area contributed by atoms with Crippen molar-refractivity contribution in [1.29, 1.82) is 0 Å². The maximum atomic E-state index is 13.1. The van der Waals surface area contributed by atoms with Gasteiger partial charge in [-0.25, -0.2) is 4.39 Å². The van der Waals surface area contributed by atoms with E-state index in [1.807, 2.05) is 0 Å². The van der Waals surface area contributed by atoms with E-state index < -0.39 is 34.1 Å².